The van der Waals surface area contributed by atoms with Crippen LogP contribution in [0.25, 0.3) is 0 Å². The van der Waals surface area contributed by atoms with Gasteiger partial charge in [0.05, 0.1) is 24.7 Å². The number of benzene rings is 1. The number of allylic oxidation sites excluding steroid dienone is 1. The fourth-order valence-electron chi connectivity index (χ4n) is 7.22. The maximum Gasteiger partial charge on any atom is 0.313 e. The van der Waals surface area contributed by atoms with Crippen molar-refractivity contribution in [1.29, 1.82) is 0 Å². The molecule has 10 nitrogen and oxygen atoms in total. The van der Waals surface area contributed by atoms with Crippen molar-refractivity contribution in [3.8, 4) is 0 Å². The molecule has 0 saturated carbocycles. The van der Waals surface area contributed by atoms with Crippen LogP contribution in [0.15, 0.2) is 54.6 Å². The predicted octanol–water partition coefficient (Wildman–Crippen LogP) is 2.63. The zero-order valence-electron chi connectivity index (χ0n) is 25.4. The van der Waals surface area contributed by atoms with Gasteiger partial charge in [0.1, 0.15) is 23.7 Å². The number of ether oxygens (including phenoxy) is 2. The van der Waals surface area contributed by atoms with Gasteiger partial charge in [-0.1, -0.05) is 68.0 Å². The molecule has 0 radical (unpaired) electrons. The Morgan fingerprint density at radius 1 is 1.09 bits per heavy atom. The molecule has 10 heteroatoms. The number of carbonyl (C=O) groups is 4. The smallest absolute Gasteiger partial charge is 0.313 e. The lowest BCUT2D eigenvalue weighted by atomic mass is 9.77. The molecular formula is C33H43N3O7. The Hall–Kier alpha value is -3.50. The first kappa shape index (κ1) is 30.9. The van der Waals surface area contributed by atoms with Crippen molar-refractivity contribution < 1.29 is 33.8 Å². The van der Waals surface area contributed by atoms with Crippen LogP contribution in [-0.4, -0.2) is 100 Å². The van der Waals surface area contributed by atoms with Gasteiger partial charge in [-0.2, -0.15) is 0 Å². The Morgan fingerprint density at radius 2 is 1.84 bits per heavy atom. The summed E-state index contributed by atoms with van der Waals surface area (Å²) in [5.41, 5.74) is -0.688. The Kier molecular flexibility index (Phi) is 9.08. The molecule has 8 atom stereocenters. The Balaban J connectivity index is 1.59. The second-order valence-corrected chi connectivity index (χ2v) is 12.1. The summed E-state index contributed by atoms with van der Waals surface area (Å²) in [6.45, 7) is 5.85. The summed E-state index contributed by atoms with van der Waals surface area (Å²) in [6, 6.07) is 7.67. The van der Waals surface area contributed by atoms with Crippen molar-refractivity contribution in [1.82, 2.24) is 14.7 Å². The highest BCUT2D eigenvalue weighted by atomic mass is 16.6. The lowest BCUT2D eigenvalue weighted by molar-refractivity contribution is -0.164. The molecule has 0 bridgehead atoms. The second-order valence-electron chi connectivity index (χ2n) is 12.1. The van der Waals surface area contributed by atoms with Crippen LogP contribution in [0.2, 0.25) is 0 Å². The molecule has 0 aromatic heterocycles. The van der Waals surface area contributed by atoms with Gasteiger partial charge in [-0.25, -0.2) is 0 Å². The van der Waals surface area contributed by atoms with Gasteiger partial charge in [0.25, 0.3) is 0 Å². The fraction of sp³-hybridized carbons (Fsp3) is 0.576. The van der Waals surface area contributed by atoms with E-state index in [1.165, 1.54) is 4.90 Å². The van der Waals surface area contributed by atoms with E-state index in [0.29, 0.717) is 13.0 Å². The van der Waals surface area contributed by atoms with Crippen molar-refractivity contribution in [3.63, 3.8) is 0 Å². The Morgan fingerprint density at radius 3 is 2.53 bits per heavy atom. The van der Waals surface area contributed by atoms with Crippen LogP contribution >= 0.6 is 0 Å². The van der Waals surface area contributed by atoms with Crippen LogP contribution < -0.4 is 0 Å². The minimum Gasteiger partial charge on any atom is -0.455 e. The van der Waals surface area contributed by atoms with Gasteiger partial charge in [0.2, 0.25) is 17.7 Å². The van der Waals surface area contributed by atoms with Gasteiger partial charge >= 0.3 is 5.97 Å². The zero-order chi connectivity index (χ0) is 30.9. The number of rotatable bonds is 6. The number of hydrogen-bond donors (Lipinski definition) is 1. The van der Waals surface area contributed by atoms with E-state index in [2.05, 4.69) is 6.92 Å². The standard InChI is InChI=1S/C33H43N3O7/c1-5-12-21(2)35-18-11-17-33-27(30(39)36(19-20-37)29(33)31(35)40)26-24(43-33)15-9-10-16-25(38)34(4)22(3)28(42-32(26)41)23-13-7-6-8-14-23/h6-9,11,13-15,17,21-22,24,26-29,37H,5,10,12,16,18-20H2,1-4H3/b15-9-/t21?,22-,24-,26+,27+,28+,29-,33+/m0/s1. The van der Waals surface area contributed by atoms with Gasteiger partial charge in [-0.05, 0) is 32.3 Å². The normalized spacial score (nSPS) is 34.5. The summed E-state index contributed by atoms with van der Waals surface area (Å²) >= 11 is 0. The number of aliphatic hydroxyl groups excluding tert-OH is 1. The summed E-state index contributed by atoms with van der Waals surface area (Å²) in [4.78, 5) is 60.5. The molecule has 1 spiro atoms. The zero-order valence-corrected chi connectivity index (χ0v) is 25.4. The van der Waals surface area contributed by atoms with Crippen LogP contribution in [0.5, 0.6) is 0 Å². The first-order valence-electron chi connectivity index (χ1n) is 15.4. The average molecular weight is 594 g/mol. The maximum absolute atomic E-state index is 14.3. The third kappa shape index (κ3) is 5.40. The molecule has 1 aromatic rings. The van der Waals surface area contributed by atoms with Gasteiger partial charge in [-0.3, -0.25) is 19.2 Å². The van der Waals surface area contributed by atoms with Crippen LogP contribution in [-0.2, 0) is 28.7 Å². The van der Waals surface area contributed by atoms with Gasteiger partial charge in [-0.15, -0.1) is 0 Å². The first-order valence-corrected chi connectivity index (χ1v) is 15.4. The van der Waals surface area contributed by atoms with Crippen molar-refractivity contribution in [2.45, 2.75) is 82.4 Å². The van der Waals surface area contributed by atoms with E-state index in [4.69, 9.17) is 9.47 Å². The molecule has 2 saturated heterocycles. The molecule has 1 aromatic carbocycles. The summed E-state index contributed by atoms with van der Waals surface area (Å²) in [5, 5.41) is 9.93. The summed E-state index contributed by atoms with van der Waals surface area (Å²) in [6.07, 6.45) is 7.91. The highest BCUT2D eigenvalue weighted by molar-refractivity contribution is 5.99. The number of nitrogens with zero attached hydrogens (tertiary/aromatic N) is 3. The quantitative estimate of drug-likeness (QED) is 0.398. The maximum atomic E-state index is 14.3. The lowest BCUT2D eigenvalue weighted by Crippen LogP contribution is -2.57. The van der Waals surface area contributed by atoms with Crippen LogP contribution in [0.1, 0.15) is 58.1 Å². The van der Waals surface area contributed by atoms with E-state index in [-0.39, 0.29) is 37.4 Å². The minimum atomic E-state index is -1.41. The number of amides is 3. The number of fused-ring (bicyclic) bond motifs is 2. The molecule has 0 aliphatic carbocycles. The first-order chi connectivity index (χ1) is 20.7. The average Bonchev–Trinajstić information content (AvgIpc) is 3.37. The minimum absolute atomic E-state index is 0.0560. The van der Waals surface area contributed by atoms with Crippen LogP contribution in [0.3, 0.4) is 0 Å². The highest BCUT2D eigenvalue weighted by Gasteiger charge is 2.71. The molecule has 1 N–H and O–H groups in total. The number of β-amino-alcohol motifs (C(OH)–C–C–N with tert-alkyl or cyclic N) is 1. The number of esters is 1. The van der Waals surface area contributed by atoms with Crippen molar-refractivity contribution >= 4 is 23.7 Å². The number of carbonyl (C=O) groups excluding carboxylic acids is 4. The van der Waals surface area contributed by atoms with Crippen LogP contribution in [0, 0.1) is 11.8 Å². The van der Waals surface area contributed by atoms with Gasteiger partial charge < -0.3 is 29.3 Å². The Bertz CT molecular complexity index is 1280. The van der Waals surface area contributed by atoms with Crippen molar-refractivity contribution in [2.75, 3.05) is 26.7 Å². The SMILES string of the molecule is CCCC(C)N1CC=C[C@@]23O[C@H]4/C=C\CCC(=O)N(C)[C@@H](C)[C@H](c5ccccc5)OC(=O)[C@H]4[C@@H]2C(=O)N(CCO)[C@H]3C1=O. The highest BCUT2D eigenvalue weighted by Crippen LogP contribution is 2.53. The molecule has 43 heavy (non-hydrogen) atoms. The predicted molar refractivity (Wildman–Crippen MR) is 158 cm³/mol. The van der Waals surface area contributed by atoms with E-state index >= 15 is 0 Å². The molecule has 5 rings (SSSR count). The van der Waals surface area contributed by atoms with Crippen molar-refractivity contribution in [3.05, 3.63) is 60.2 Å². The third-order valence-corrected chi connectivity index (χ3v) is 9.54. The molecule has 4 heterocycles. The number of aliphatic hydroxyl groups is 1. The molecule has 3 amide bonds. The monoisotopic (exact) mass is 593 g/mol. The number of likely N-dealkylation sites (N-methyl/N-ethyl adjacent to an activating group) is 1. The largest absolute Gasteiger partial charge is 0.455 e. The summed E-state index contributed by atoms with van der Waals surface area (Å²) in [7, 11) is 1.70. The van der Waals surface area contributed by atoms with E-state index in [1.54, 1.807) is 35.1 Å². The number of likely N-dealkylation sites (tertiary alicyclic amines) is 1. The van der Waals surface area contributed by atoms with Gasteiger partial charge in [0.15, 0.2) is 0 Å². The molecule has 4 aliphatic rings. The summed E-state index contributed by atoms with van der Waals surface area (Å²) in [5.74, 6) is -3.44. The van der Waals surface area contributed by atoms with E-state index in [0.717, 1.165) is 18.4 Å². The second kappa shape index (κ2) is 12.6. The fourth-order valence-corrected chi connectivity index (χ4v) is 7.22. The third-order valence-electron chi connectivity index (χ3n) is 9.54. The molecule has 1 unspecified atom stereocenters. The van der Waals surface area contributed by atoms with E-state index < -0.39 is 53.6 Å². The number of hydrogen-bond acceptors (Lipinski definition) is 7. The lowest BCUT2D eigenvalue weighted by Gasteiger charge is -2.37. The molecule has 232 valence electrons. The molecule has 2 fully saturated rings. The summed E-state index contributed by atoms with van der Waals surface area (Å²) < 4.78 is 12.9. The Labute approximate surface area is 253 Å². The molecule has 4 aliphatic heterocycles. The van der Waals surface area contributed by atoms with Crippen LogP contribution in [0.4, 0.5) is 0 Å². The van der Waals surface area contributed by atoms with Crippen molar-refractivity contribution in [2.24, 2.45) is 11.8 Å². The molecular weight excluding hydrogens is 550 g/mol. The van der Waals surface area contributed by atoms with E-state index in [1.807, 2.05) is 50.3 Å². The van der Waals surface area contributed by atoms with Gasteiger partial charge in [0, 0.05) is 32.6 Å². The van der Waals surface area contributed by atoms with E-state index in [9.17, 15) is 24.3 Å². The topological polar surface area (TPSA) is 117 Å². The number of cyclic esters (lactones) is 1.